The lowest BCUT2D eigenvalue weighted by Crippen LogP contribution is -1.88. The zero-order valence-electron chi connectivity index (χ0n) is 34.5. The SMILES string of the molecule is CCCCCCc1cc(-c2cc(-c3cc(CCCCCC)sc3-c3ccccc3)cc(-c3cc(CCCCCC)sc3-c3ccccc3)c2)c(-c2ccccc2)s1. The van der Waals surface area contributed by atoms with Gasteiger partial charge in [0.2, 0.25) is 0 Å². The first-order valence-electron chi connectivity index (χ1n) is 21.9. The number of benzene rings is 4. The summed E-state index contributed by atoms with van der Waals surface area (Å²) in [6.07, 6.45) is 18.8. The van der Waals surface area contributed by atoms with Gasteiger partial charge in [-0.3, -0.25) is 0 Å². The van der Waals surface area contributed by atoms with Gasteiger partial charge in [0.15, 0.2) is 0 Å². The molecule has 0 radical (unpaired) electrons. The van der Waals surface area contributed by atoms with Gasteiger partial charge in [-0.25, -0.2) is 0 Å². The van der Waals surface area contributed by atoms with Gasteiger partial charge >= 0.3 is 0 Å². The number of aryl methyl sites for hydroxylation is 3. The van der Waals surface area contributed by atoms with Crippen molar-refractivity contribution in [2.45, 2.75) is 117 Å². The Morgan fingerprint density at radius 2 is 0.579 bits per heavy atom. The van der Waals surface area contributed by atoms with E-state index in [1.807, 2.05) is 34.0 Å². The van der Waals surface area contributed by atoms with Crippen LogP contribution in [0.3, 0.4) is 0 Å². The van der Waals surface area contributed by atoms with Gasteiger partial charge in [-0.2, -0.15) is 0 Å². The van der Waals surface area contributed by atoms with E-state index in [1.165, 1.54) is 156 Å². The molecule has 0 aliphatic carbocycles. The van der Waals surface area contributed by atoms with Gasteiger partial charge in [0, 0.05) is 46.0 Å². The summed E-state index contributed by atoms with van der Waals surface area (Å²) in [5.74, 6) is 0. The molecule has 3 heteroatoms. The fourth-order valence-electron chi connectivity index (χ4n) is 8.02. The summed E-state index contributed by atoms with van der Waals surface area (Å²) >= 11 is 6.02. The van der Waals surface area contributed by atoms with E-state index in [0.29, 0.717) is 0 Å². The lowest BCUT2D eigenvalue weighted by atomic mass is 9.91. The van der Waals surface area contributed by atoms with Crippen LogP contribution in [0, 0.1) is 0 Å². The Kier molecular flexibility index (Phi) is 15.2. The molecule has 57 heavy (non-hydrogen) atoms. The molecule has 0 unspecified atom stereocenters. The van der Waals surface area contributed by atoms with Crippen LogP contribution in [0.15, 0.2) is 127 Å². The molecule has 0 fully saturated rings. The van der Waals surface area contributed by atoms with Gasteiger partial charge in [0.1, 0.15) is 0 Å². The Balaban J connectivity index is 1.42. The second kappa shape index (κ2) is 21.1. The number of thiophene rings is 3. The molecule has 0 amide bonds. The van der Waals surface area contributed by atoms with Crippen molar-refractivity contribution in [3.63, 3.8) is 0 Å². The summed E-state index contributed by atoms with van der Waals surface area (Å²) in [6.45, 7) is 6.92. The third-order valence-corrected chi connectivity index (χ3v) is 14.9. The molecule has 294 valence electrons. The highest BCUT2D eigenvalue weighted by atomic mass is 32.1. The molecular formula is C54H60S3. The summed E-state index contributed by atoms with van der Waals surface area (Å²) in [4.78, 5) is 8.66. The summed E-state index contributed by atoms with van der Waals surface area (Å²) in [5.41, 5.74) is 12.0. The van der Waals surface area contributed by atoms with Crippen LogP contribution in [-0.4, -0.2) is 0 Å². The van der Waals surface area contributed by atoms with Crippen molar-refractivity contribution in [1.82, 2.24) is 0 Å². The third kappa shape index (κ3) is 10.7. The first-order valence-corrected chi connectivity index (χ1v) is 24.3. The maximum absolute atomic E-state index is 2.54. The fraction of sp³-hybridized carbons (Fsp3) is 0.333. The molecule has 0 nitrogen and oxygen atoms in total. The molecule has 7 aromatic rings. The zero-order valence-corrected chi connectivity index (χ0v) is 36.9. The Bertz CT molecular complexity index is 1980. The van der Waals surface area contributed by atoms with Crippen LogP contribution in [0.5, 0.6) is 0 Å². The van der Waals surface area contributed by atoms with E-state index in [4.69, 9.17) is 0 Å². The van der Waals surface area contributed by atoms with Crippen LogP contribution >= 0.6 is 34.0 Å². The lowest BCUT2D eigenvalue weighted by Gasteiger charge is -2.13. The van der Waals surface area contributed by atoms with Crippen molar-refractivity contribution in [3.8, 4) is 64.7 Å². The van der Waals surface area contributed by atoms with E-state index in [0.717, 1.165) is 19.3 Å². The van der Waals surface area contributed by atoms with Crippen LogP contribution in [0.1, 0.15) is 112 Å². The summed E-state index contributed by atoms with van der Waals surface area (Å²) in [6, 6.07) is 48.6. The average molecular weight is 805 g/mol. The van der Waals surface area contributed by atoms with Crippen LogP contribution in [0.25, 0.3) is 64.7 Å². The zero-order chi connectivity index (χ0) is 39.2. The summed E-state index contributed by atoms with van der Waals surface area (Å²) in [7, 11) is 0. The molecule has 0 atom stereocenters. The molecule has 4 aromatic carbocycles. The predicted octanol–water partition coefficient (Wildman–Crippen LogP) is 18.2. The van der Waals surface area contributed by atoms with Crippen molar-refractivity contribution < 1.29 is 0 Å². The van der Waals surface area contributed by atoms with Crippen LogP contribution in [0.2, 0.25) is 0 Å². The second-order valence-corrected chi connectivity index (χ2v) is 19.1. The van der Waals surface area contributed by atoms with Gasteiger partial charge in [0.05, 0.1) is 0 Å². The minimum atomic E-state index is 1.14. The van der Waals surface area contributed by atoms with E-state index >= 15 is 0 Å². The van der Waals surface area contributed by atoms with Gasteiger partial charge in [-0.15, -0.1) is 34.0 Å². The van der Waals surface area contributed by atoms with Gasteiger partial charge in [-0.1, -0.05) is 170 Å². The smallest absolute Gasteiger partial charge is 0.0424 e. The normalized spacial score (nSPS) is 11.4. The first-order chi connectivity index (χ1) is 28.1. The molecule has 0 N–H and O–H groups in total. The van der Waals surface area contributed by atoms with Crippen LogP contribution in [0.4, 0.5) is 0 Å². The van der Waals surface area contributed by atoms with E-state index in [-0.39, 0.29) is 0 Å². The Morgan fingerprint density at radius 3 is 0.842 bits per heavy atom. The van der Waals surface area contributed by atoms with E-state index in [2.05, 4.69) is 148 Å². The Morgan fingerprint density at radius 1 is 0.298 bits per heavy atom. The molecule has 3 heterocycles. The Hall–Kier alpha value is -4.02. The molecule has 0 aliphatic rings. The average Bonchev–Trinajstić information content (AvgIpc) is 4.01. The van der Waals surface area contributed by atoms with Gasteiger partial charge < -0.3 is 0 Å². The molecule has 0 saturated carbocycles. The molecular weight excluding hydrogens is 745 g/mol. The second-order valence-electron chi connectivity index (χ2n) is 15.7. The highest BCUT2D eigenvalue weighted by Gasteiger charge is 2.21. The lowest BCUT2D eigenvalue weighted by molar-refractivity contribution is 0.670. The van der Waals surface area contributed by atoms with Crippen molar-refractivity contribution in [2.75, 3.05) is 0 Å². The molecule has 7 rings (SSSR count). The maximum Gasteiger partial charge on any atom is 0.0424 e. The van der Waals surface area contributed by atoms with Gasteiger partial charge in [-0.05, 0) is 108 Å². The topological polar surface area (TPSA) is 0 Å². The highest BCUT2D eigenvalue weighted by Crippen LogP contribution is 2.48. The molecule has 0 saturated heterocycles. The molecule has 0 spiro atoms. The fourth-order valence-corrected chi connectivity index (χ4v) is 11.7. The van der Waals surface area contributed by atoms with Crippen molar-refractivity contribution in [1.29, 1.82) is 0 Å². The molecule has 3 aromatic heterocycles. The van der Waals surface area contributed by atoms with E-state index < -0.39 is 0 Å². The first kappa shape index (κ1) is 41.2. The standard InChI is InChI=1S/C54H60S3/c1-4-7-10-22-31-46-37-49(52(55-46)40-25-16-13-17-26-40)43-34-44(50-38-47(32-23-11-8-5-2)56-53(50)41-27-18-14-19-28-41)36-45(35-43)51-39-48(33-24-12-9-6-3)57-54(51)42-29-20-15-21-30-42/h13-21,25-30,34-39H,4-12,22-24,31-33H2,1-3H3. The molecule has 0 bridgehead atoms. The van der Waals surface area contributed by atoms with Crippen LogP contribution < -0.4 is 0 Å². The minimum absolute atomic E-state index is 1.14. The summed E-state index contributed by atoms with van der Waals surface area (Å²) in [5, 5.41) is 0. The summed E-state index contributed by atoms with van der Waals surface area (Å²) < 4.78 is 0. The monoisotopic (exact) mass is 804 g/mol. The van der Waals surface area contributed by atoms with Crippen molar-refractivity contribution >= 4 is 34.0 Å². The van der Waals surface area contributed by atoms with Crippen molar-refractivity contribution in [3.05, 3.63) is 142 Å². The van der Waals surface area contributed by atoms with Crippen LogP contribution in [-0.2, 0) is 19.3 Å². The number of hydrogen-bond acceptors (Lipinski definition) is 3. The van der Waals surface area contributed by atoms with E-state index in [9.17, 15) is 0 Å². The number of hydrogen-bond donors (Lipinski definition) is 0. The largest absolute Gasteiger partial charge is 0.140 e. The number of unbranched alkanes of at least 4 members (excludes halogenated alkanes) is 9. The predicted molar refractivity (Wildman–Crippen MR) is 256 cm³/mol. The highest BCUT2D eigenvalue weighted by molar-refractivity contribution is 7.17. The maximum atomic E-state index is 2.54. The number of rotatable bonds is 21. The van der Waals surface area contributed by atoms with Crippen molar-refractivity contribution in [2.24, 2.45) is 0 Å². The van der Waals surface area contributed by atoms with Gasteiger partial charge in [0.25, 0.3) is 0 Å². The van der Waals surface area contributed by atoms with E-state index in [1.54, 1.807) is 0 Å². The quantitative estimate of drug-likeness (QED) is 0.0635. The minimum Gasteiger partial charge on any atom is -0.140 e. The third-order valence-electron chi connectivity index (χ3n) is 11.2. The molecule has 0 aliphatic heterocycles. The Labute approximate surface area is 355 Å².